The Bertz CT molecular complexity index is 281. The number of nitrogens with zero attached hydrogens (tertiary/aromatic N) is 3. The van der Waals surface area contributed by atoms with Crippen molar-refractivity contribution in [1.82, 2.24) is 4.90 Å². The maximum Gasteiger partial charge on any atom is 0.284 e. The van der Waals surface area contributed by atoms with Crippen molar-refractivity contribution in [3.05, 3.63) is 11.9 Å². The molecule has 0 aromatic rings. The average Bonchev–Trinajstić information content (AvgIpc) is 2.62. The molecule has 1 unspecified atom stereocenters. The molecule has 0 bridgehead atoms. The van der Waals surface area contributed by atoms with E-state index >= 15 is 0 Å². The molecule has 0 N–H and O–H groups in total. The van der Waals surface area contributed by atoms with Gasteiger partial charge in [0, 0.05) is 13.1 Å². The minimum Gasteiger partial charge on any atom is -0.372 e. The highest BCUT2D eigenvalue weighted by Crippen LogP contribution is 2.25. The summed E-state index contributed by atoms with van der Waals surface area (Å²) in [6, 6.07) is 0. The van der Waals surface area contributed by atoms with Crippen LogP contribution in [0.1, 0.15) is 12.8 Å². The van der Waals surface area contributed by atoms with Gasteiger partial charge in [0.1, 0.15) is 4.83 Å². The van der Waals surface area contributed by atoms with Crippen LogP contribution in [0.15, 0.2) is 22.1 Å². The summed E-state index contributed by atoms with van der Waals surface area (Å²) in [5, 5.41) is 7.14. The Labute approximate surface area is 84.8 Å². The van der Waals surface area contributed by atoms with Gasteiger partial charge in [0.25, 0.3) is 5.91 Å². The number of alkyl halides is 1. The highest BCUT2D eigenvalue weighted by molar-refractivity contribution is 9.10. The number of carbonyl (C=O) groups excluding carboxylic acids is 1. The molecule has 0 radical (unpaired) electrons. The van der Waals surface area contributed by atoms with Crippen molar-refractivity contribution in [1.29, 1.82) is 0 Å². The smallest absolute Gasteiger partial charge is 0.284 e. The molecule has 70 valence electrons. The zero-order valence-corrected chi connectivity index (χ0v) is 8.70. The fraction of sp³-hybridized carbons (Fsp3) is 0.625. The summed E-state index contributed by atoms with van der Waals surface area (Å²) in [5.41, 5.74) is 0.956. The van der Waals surface area contributed by atoms with Crippen LogP contribution in [0, 0.1) is 0 Å². The van der Waals surface area contributed by atoms with E-state index in [0.717, 1.165) is 18.8 Å². The van der Waals surface area contributed by atoms with E-state index in [1.807, 2.05) is 0 Å². The Kier molecular flexibility index (Phi) is 2.44. The van der Waals surface area contributed by atoms with Crippen molar-refractivity contribution in [2.75, 3.05) is 13.1 Å². The van der Waals surface area contributed by atoms with Gasteiger partial charge in [-0.15, -0.1) is 5.11 Å². The van der Waals surface area contributed by atoms with E-state index in [0.29, 0.717) is 0 Å². The van der Waals surface area contributed by atoms with E-state index in [9.17, 15) is 4.79 Å². The lowest BCUT2D eigenvalue weighted by Gasteiger charge is -2.24. The lowest BCUT2D eigenvalue weighted by Crippen LogP contribution is -2.29. The molecule has 1 amide bonds. The summed E-state index contributed by atoms with van der Waals surface area (Å²) in [7, 11) is 0. The number of hydrogen-bond acceptors (Lipinski definition) is 3. The molecule has 0 aliphatic carbocycles. The van der Waals surface area contributed by atoms with Crippen LogP contribution >= 0.6 is 15.9 Å². The molecular formula is C8H10BrN3O. The van der Waals surface area contributed by atoms with Crippen LogP contribution in [0.2, 0.25) is 0 Å². The van der Waals surface area contributed by atoms with Crippen LogP contribution in [0.4, 0.5) is 0 Å². The molecule has 0 spiro atoms. The number of likely N-dealkylation sites (tertiary alicyclic amines) is 1. The van der Waals surface area contributed by atoms with Crippen molar-refractivity contribution >= 4 is 21.8 Å². The maximum absolute atomic E-state index is 11.2. The molecule has 1 fully saturated rings. The molecule has 2 aliphatic heterocycles. The summed E-state index contributed by atoms with van der Waals surface area (Å²) < 4.78 is 0. The predicted octanol–water partition coefficient (Wildman–Crippen LogP) is 1.68. The van der Waals surface area contributed by atoms with Gasteiger partial charge in [0.2, 0.25) is 0 Å². The van der Waals surface area contributed by atoms with Gasteiger partial charge >= 0.3 is 0 Å². The van der Waals surface area contributed by atoms with E-state index in [1.54, 1.807) is 6.20 Å². The Morgan fingerprint density at radius 2 is 2.15 bits per heavy atom. The first-order chi connectivity index (χ1) is 6.29. The molecule has 0 aromatic carbocycles. The number of rotatable bonds is 1. The Morgan fingerprint density at radius 3 is 2.85 bits per heavy atom. The van der Waals surface area contributed by atoms with Crippen LogP contribution in [0.5, 0.6) is 0 Å². The normalized spacial score (nSPS) is 28.1. The molecule has 2 aliphatic rings. The fourth-order valence-electron chi connectivity index (χ4n) is 1.60. The standard InChI is InChI=1S/C8H10BrN3O/c9-7-6(5-10-11-8(7)13)12-3-1-2-4-12/h5,7H,1-4H2. The van der Waals surface area contributed by atoms with Crippen molar-refractivity contribution in [2.24, 2.45) is 10.2 Å². The Hall–Kier alpha value is -0.710. The highest BCUT2D eigenvalue weighted by Gasteiger charge is 2.28. The fourth-order valence-corrected chi connectivity index (χ4v) is 2.10. The van der Waals surface area contributed by atoms with Gasteiger partial charge in [-0.1, -0.05) is 15.9 Å². The molecular weight excluding hydrogens is 234 g/mol. The van der Waals surface area contributed by atoms with E-state index in [2.05, 4.69) is 31.1 Å². The van der Waals surface area contributed by atoms with Gasteiger partial charge in [0.15, 0.2) is 0 Å². The summed E-state index contributed by atoms with van der Waals surface area (Å²) in [6.45, 7) is 2.05. The molecule has 0 saturated carbocycles. The van der Waals surface area contributed by atoms with Crippen molar-refractivity contribution in [2.45, 2.75) is 17.7 Å². The zero-order valence-electron chi connectivity index (χ0n) is 7.11. The SMILES string of the molecule is O=C1N=NC=C(N2CCCC2)C1Br. The maximum atomic E-state index is 11.2. The summed E-state index contributed by atoms with van der Waals surface area (Å²) in [5.74, 6) is -0.204. The van der Waals surface area contributed by atoms with Crippen LogP contribution in [0.25, 0.3) is 0 Å². The molecule has 1 saturated heterocycles. The van der Waals surface area contributed by atoms with E-state index < -0.39 is 0 Å². The topological polar surface area (TPSA) is 45.0 Å². The first-order valence-electron chi connectivity index (χ1n) is 4.33. The van der Waals surface area contributed by atoms with E-state index in [4.69, 9.17) is 0 Å². The van der Waals surface area contributed by atoms with E-state index in [-0.39, 0.29) is 10.7 Å². The second kappa shape index (κ2) is 3.57. The summed E-state index contributed by atoms with van der Waals surface area (Å²) in [6.07, 6.45) is 4.07. The molecule has 2 rings (SSSR count). The summed E-state index contributed by atoms with van der Waals surface area (Å²) >= 11 is 3.32. The number of amides is 1. The second-order valence-electron chi connectivity index (χ2n) is 3.16. The predicted molar refractivity (Wildman–Crippen MR) is 51.5 cm³/mol. The average molecular weight is 244 g/mol. The minimum absolute atomic E-state index is 0.204. The van der Waals surface area contributed by atoms with Gasteiger partial charge < -0.3 is 4.90 Å². The van der Waals surface area contributed by atoms with Crippen molar-refractivity contribution in [3.63, 3.8) is 0 Å². The Balaban J connectivity index is 2.16. The number of halogens is 1. The minimum atomic E-state index is -0.289. The molecule has 2 heterocycles. The third kappa shape index (κ3) is 1.65. The molecule has 0 aromatic heterocycles. The third-order valence-corrected chi connectivity index (χ3v) is 3.15. The molecule has 4 nitrogen and oxygen atoms in total. The quantitative estimate of drug-likeness (QED) is 0.658. The number of hydrogen-bond donors (Lipinski definition) is 0. The lowest BCUT2D eigenvalue weighted by atomic mass is 10.2. The van der Waals surface area contributed by atoms with E-state index in [1.165, 1.54) is 12.8 Å². The molecule has 5 heteroatoms. The van der Waals surface area contributed by atoms with Crippen LogP contribution < -0.4 is 0 Å². The van der Waals surface area contributed by atoms with Crippen molar-refractivity contribution in [3.8, 4) is 0 Å². The lowest BCUT2D eigenvalue weighted by molar-refractivity contribution is -0.117. The van der Waals surface area contributed by atoms with Crippen molar-refractivity contribution < 1.29 is 4.79 Å². The van der Waals surface area contributed by atoms with Crippen LogP contribution in [0.3, 0.4) is 0 Å². The number of azo groups is 1. The Morgan fingerprint density at radius 1 is 1.46 bits per heavy atom. The second-order valence-corrected chi connectivity index (χ2v) is 4.08. The zero-order chi connectivity index (χ0) is 9.26. The van der Waals surface area contributed by atoms with Gasteiger partial charge in [-0.25, -0.2) is 0 Å². The molecule has 13 heavy (non-hydrogen) atoms. The first-order valence-corrected chi connectivity index (χ1v) is 5.24. The van der Waals surface area contributed by atoms with Crippen LogP contribution in [-0.4, -0.2) is 28.7 Å². The largest absolute Gasteiger partial charge is 0.372 e. The van der Waals surface area contributed by atoms with Crippen LogP contribution in [-0.2, 0) is 4.79 Å². The van der Waals surface area contributed by atoms with Gasteiger partial charge in [-0.05, 0) is 12.8 Å². The summed E-state index contributed by atoms with van der Waals surface area (Å²) in [4.78, 5) is 13.1. The molecule has 1 atom stereocenters. The highest BCUT2D eigenvalue weighted by atomic mass is 79.9. The third-order valence-electron chi connectivity index (χ3n) is 2.29. The monoisotopic (exact) mass is 243 g/mol. The van der Waals surface area contributed by atoms with Gasteiger partial charge in [-0.2, -0.15) is 5.11 Å². The van der Waals surface area contributed by atoms with Gasteiger partial charge in [0.05, 0.1) is 11.9 Å². The van der Waals surface area contributed by atoms with Gasteiger partial charge in [-0.3, -0.25) is 4.79 Å². The first kappa shape index (κ1) is 8.87. The number of carbonyl (C=O) groups is 1.